The molecule has 0 bridgehead atoms. The third-order valence-corrected chi connectivity index (χ3v) is 7.37. The molecule has 3 aromatic carbocycles. The Morgan fingerprint density at radius 3 is 1.07 bits per heavy atom. The van der Waals surface area contributed by atoms with Crippen LogP contribution in [0.2, 0.25) is 0 Å². The normalized spacial score (nSPS) is 11.3. The van der Waals surface area contributed by atoms with Gasteiger partial charge in [0.1, 0.15) is 0 Å². The van der Waals surface area contributed by atoms with Gasteiger partial charge in [0.05, 0.1) is 0 Å². The van der Waals surface area contributed by atoms with Crippen LogP contribution in [0.3, 0.4) is 0 Å². The molecule has 0 saturated heterocycles. The van der Waals surface area contributed by atoms with E-state index in [1.807, 2.05) is 0 Å². The van der Waals surface area contributed by atoms with Gasteiger partial charge < -0.3 is 9.90 Å². The van der Waals surface area contributed by atoms with E-state index in [1.54, 1.807) is 0 Å². The van der Waals surface area contributed by atoms with E-state index in [4.69, 9.17) is 9.90 Å². The molecule has 140 valence electrons. The maximum Gasteiger partial charge on any atom is 0.153 e. The van der Waals surface area contributed by atoms with E-state index < -0.39 is 13.2 Å². The molecule has 3 aromatic rings. The lowest BCUT2D eigenvalue weighted by Gasteiger charge is -2.40. The van der Waals surface area contributed by atoms with E-state index in [2.05, 4.69) is 111 Å². The zero-order valence-electron chi connectivity index (χ0n) is 16.4. The molecule has 3 rings (SSSR count). The fourth-order valence-corrected chi connectivity index (χ4v) is 6.47. The van der Waals surface area contributed by atoms with Crippen molar-refractivity contribution in [2.75, 3.05) is 20.0 Å². The standard InChI is InChI=1S/C22H24P.C2H4O2/c1-23(2,3)22(19-13-7-4-8-14-19,20-15-9-5-10-16-20)21-17-11-6-12-18-21;1-2(3)4/h4-18H,1-3H3;1H3,(H,3,4)/q+1;/p-1. The van der Waals surface area contributed by atoms with Crippen molar-refractivity contribution < 1.29 is 9.90 Å². The number of benzene rings is 3. The highest BCUT2D eigenvalue weighted by Crippen LogP contribution is 2.70. The number of carbonyl (C=O) groups is 1. The molecule has 0 aliphatic carbocycles. The molecule has 0 amide bonds. The Hall–Kier alpha value is -2.44. The molecular weight excluding hydrogens is 351 g/mol. The van der Waals surface area contributed by atoms with Crippen LogP contribution in [0.5, 0.6) is 0 Å². The Morgan fingerprint density at radius 2 is 0.889 bits per heavy atom. The molecular formula is C24H27O2P. The number of carbonyl (C=O) groups excluding carboxylic acids is 1. The first-order valence-electron chi connectivity index (χ1n) is 8.96. The molecule has 0 aromatic heterocycles. The Labute approximate surface area is 163 Å². The molecule has 0 saturated carbocycles. The zero-order chi connectivity index (χ0) is 19.9. The Balaban J connectivity index is 0.000000596. The third kappa shape index (κ3) is 4.64. The van der Waals surface area contributed by atoms with Crippen LogP contribution in [0.15, 0.2) is 91.0 Å². The third-order valence-electron chi connectivity index (χ3n) is 4.58. The summed E-state index contributed by atoms with van der Waals surface area (Å²) < 4.78 is 0. The van der Waals surface area contributed by atoms with Gasteiger partial charge in [0, 0.05) is 49.9 Å². The van der Waals surface area contributed by atoms with Gasteiger partial charge in [-0.05, 0) is 6.92 Å². The summed E-state index contributed by atoms with van der Waals surface area (Å²) in [6, 6.07) is 33.0. The minimum absolute atomic E-state index is 0.0726. The smallest absolute Gasteiger partial charge is 0.153 e. The molecule has 0 fully saturated rings. The Bertz CT molecular complexity index is 737. The molecule has 0 atom stereocenters. The minimum Gasteiger partial charge on any atom is -0.550 e. The molecule has 0 aliphatic heterocycles. The first-order valence-corrected chi connectivity index (χ1v) is 12.1. The van der Waals surface area contributed by atoms with Crippen molar-refractivity contribution in [3.05, 3.63) is 108 Å². The van der Waals surface area contributed by atoms with E-state index in [0.717, 1.165) is 6.92 Å². The first kappa shape index (κ1) is 20.9. The average molecular weight is 378 g/mol. The van der Waals surface area contributed by atoms with Gasteiger partial charge >= 0.3 is 0 Å². The second-order valence-electron chi connectivity index (χ2n) is 7.31. The zero-order valence-corrected chi connectivity index (χ0v) is 17.3. The molecule has 0 aliphatic rings. The highest BCUT2D eigenvalue weighted by molar-refractivity contribution is 7.75. The number of carboxylic acids is 1. The number of carboxylic acid groups (broad SMARTS) is 1. The van der Waals surface area contributed by atoms with Crippen LogP contribution < -0.4 is 5.11 Å². The molecule has 0 radical (unpaired) electrons. The van der Waals surface area contributed by atoms with Gasteiger partial charge in [-0.2, -0.15) is 0 Å². The van der Waals surface area contributed by atoms with Gasteiger partial charge in [0.2, 0.25) is 0 Å². The van der Waals surface area contributed by atoms with Crippen LogP contribution in [0.4, 0.5) is 0 Å². The highest BCUT2D eigenvalue weighted by Gasteiger charge is 2.52. The van der Waals surface area contributed by atoms with Crippen LogP contribution in [0, 0.1) is 0 Å². The SMILES string of the molecule is CC(=O)[O-].C[P+](C)(C)C(c1ccccc1)(c1ccccc1)c1ccccc1. The number of hydrogen-bond acceptors (Lipinski definition) is 2. The fraction of sp³-hybridized carbons (Fsp3) is 0.208. The van der Waals surface area contributed by atoms with Gasteiger partial charge in [0.15, 0.2) is 5.16 Å². The summed E-state index contributed by atoms with van der Waals surface area (Å²) in [6.07, 6.45) is 0. The summed E-state index contributed by atoms with van der Waals surface area (Å²) in [5.41, 5.74) is 4.16. The van der Waals surface area contributed by atoms with Crippen LogP contribution in [0.25, 0.3) is 0 Å². The van der Waals surface area contributed by atoms with Crippen molar-refractivity contribution in [3.8, 4) is 0 Å². The summed E-state index contributed by atoms with van der Waals surface area (Å²) in [4.78, 5) is 8.89. The fourth-order valence-electron chi connectivity index (χ4n) is 3.70. The lowest BCUT2D eigenvalue weighted by atomic mass is 9.84. The first-order chi connectivity index (χ1) is 12.8. The highest BCUT2D eigenvalue weighted by atomic mass is 31.2. The van der Waals surface area contributed by atoms with Crippen LogP contribution in [-0.2, 0) is 9.95 Å². The van der Waals surface area contributed by atoms with Crippen molar-refractivity contribution >= 4 is 13.2 Å². The lowest BCUT2D eigenvalue weighted by molar-refractivity contribution is -0.302. The van der Waals surface area contributed by atoms with Crippen molar-refractivity contribution in [2.45, 2.75) is 12.1 Å². The summed E-state index contributed by atoms with van der Waals surface area (Å²) in [7, 11) is -1.32. The monoisotopic (exact) mass is 378 g/mol. The van der Waals surface area contributed by atoms with Gasteiger partial charge in [-0.15, -0.1) is 0 Å². The maximum atomic E-state index is 8.89. The predicted molar refractivity (Wildman–Crippen MR) is 115 cm³/mol. The van der Waals surface area contributed by atoms with Gasteiger partial charge in [-0.3, -0.25) is 0 Å². The maximum absolute atomic E-state index is 8.89. The molecule has 0 unspecified atom stereocenters. The summed E-state index contributed by atoms with van der Waals surface area (Å²) in [6.45, 7) is 8.31. The topological polar surface area (TPSA) is 40.1 Å². The van der Waals surface area contributed by atoms with Crippen molar-refractivity contribution in [1.82, 2.24) is 0 Å². The molecule has 0 heterocycles. The van der Waals surface area contributed by atoms with Gasteiger partial charge in [0.25, 0.3) is 0 Å². The second kappa shape index (κ2) is 8.97. The molecule has 3 heteroatoms. The minimum atomic E-state index is -1.32. The van der Waals surface area contributed by atoms with Crippen LogP contribution in [-0.4, -0.2) is 26.0 Å². The van der Waals surface area contributed by atoms with Crippen molar-refractivity contribution in [3.63, 3.8) is 0 Å². The van der Waals surface area contributed by atoms with Crippen molar-refractivity contribution in [1.29, 1.82) is 0 Å². The average Bonchev–Trinajstić information content (AvgIpc) is 2.63. The number of rotatable bonds is 4. The van der Waals surface area contributed by atoms with Gasteiger partial charge in [-0.1, -0.05) is 91.0 Å². The van der Waals surface area contributed by atoms with Crippen molar-refractivity contribution in [2.24, 2.45) is 0 Å². The molecule has 0 spiro atoms. The summed E-state index contributed by atoms with van der Waals surface area (Å²) in [5, 5.41) is 8.82. The van der Waals surface area contributed by atoms with Crippen LogP contribution in [0.1, 0.15) is 23.6 Å². The van der Waals surface area contributed by atoms with E-state index in [-0.39, 0.29) is 5.16 Å². The quantitative estimate of drug-likeness (QED) is 0.490. The second-order valence-corrected chi connectivity index (χ2v) is 12.0. The predicted octanol–water partition coefficient (Wildman–Crippen LogP) is 4.64. The largest absolute Gasteiger partial charge is 0.550 e. The molecule has 27 heavy (non-hydrogen) atoms. The lowest BCUT2D eigenvalue weighted by Crippen LogP contribution is -2.31. The summed E-state index contributed by atoms with van der Waals surface area (Å²) >= 11 is 0. The van der Waals surface area contributed by atoms with E-state index in [9.17, 15) is 0 Å². The Kier molecular flexibility index (Phi) is 6.93. The molecule has 2 nitrogen and oxygen atoms in total. The molecule has 0 N–H and O–H groups in total. The number of hydrogen-bond donors (Lipinski definition) is 0. The van der Waals surface area contributed by atoms with E-state index >= 15 is 0 Å². The van der Waals surface area contributed by atoms with E-state index in [0.29, 0.717) is 0 Å². The van der Waals surface area contributed by atoms with Crippen LogP contribution >= 0.6 is 7.26 Å². The number of aliphatic carboxylic acids is 1. The Morgan fingerprint density at radius 1 is 0.667 bits per heavy atom. The van der Waals surface area contributed by atoms with E-state index in [1.165, 1.54) is 16.7 Å². The van der Waals surface area contributed by atoms with Gasteiger partial charge in [-0.25, -0.2) is 0 Å². The summed E-state index contributed by atoms with van der Waals surface area (Å²) in [5.74, 6) is -1.08.